The van der Waals surface area contributed by atoms with E-state index < -0.39 is 0 Å². The Morgan fingerprint density at radius 2 is 1.79 bits per heavy atom. The predicted molar refractivity (Wildman–Crippen MR) is 63.9 cm³/mol. The molecule has 14 heavy (non-hydrogen) atoms. The zero-order chi connectivity index (χ0) is 10.4. The summed E-state index contributed by atoms with van der Waals surface area (Å²) in [6.45, 7) is 7.74. The first-order valence-electron chi connectivity index (χ1n) is 5.61. The third-order valence-electron chi connectivity index (χ3n) is 2.67. The van der Waals surface area contributed by atoms with Crippen molar-refractivity contribution < 1.29 is 0 Å². The van der Waals surface area contributed by atoms with Crippen LogP contribution in [0.2, 0.25) is 0 Å². The molecule has 0 fully saturated rings. The van der Waals surface area contributed by atoms with Gasteiger partial charge in [0.25, 0.3) is 0 Å². The third-order valence-corrected chi connectivity index (χ3v) is 2.67. The summed E-state index contributed by atoms with van der Waals surface area (Å²) < 4.78 is 0. The molecule has 1 heteroatoms. The van der Waals surface area contributed by atoms with Crippen molar-refractivity contribution in [1.82, 2.24) is 0 Å². The van der Waals surface area contributed by atoms with Crippen molar-refractivity contribution in [3.63, 3.8) is 0 Å². The quantitative estimate of drug-likeness (QED) is 0.741. The Morgan fingerprint density at radius 1 is 1.14 bits per heavy atom. The van der Waals surface area contributed by atoms with Gasteiger partial charge in [-0.2, -0.15) is 0 Å². The normalized spacial score (nSPS) is 12.5. The Labute approximate surface area is 87.5 Å². The average molecular weight is 191 g/mol. The molecule has 1 N–H and O–H groups in total. The number of nitrogens with one attached hydrogen (secondary N) is 1. The molecule has 1 rings (SSSR count). The molecule has 0 radical (unpaired) electrons. The highest BCUT2D eigenvalue weighted by molar-refractivity contribution is 5.45. The first kappa shape index (κ1) is 11.1. The molecule has 0 amide bonds. The largest absolute Gasteiger partial charge is 0.385 e. The fourth-order valence-electron chi connectivity index (χ4n) is 1.43. The van der Waals surface area contributed by atoms with Gasteiger partial charge in [-0.05, 0) is 36.5 Å². The number of anilines is 1. The second-order valence-electron chi connectivity index (χ2n) is 3.86. The Kier molecular flexibility index (Phi) is 4.51. The van der Waals surface area contributed by atoms with Crippen LogP contribution in [0.15, 0.2) is 24.3 Å². The molecule has 0 aliphatic heterocycles. The summed E-state index contributed by atoms with van der Waals surface area (Å²) >= 11 is 0. The molecule has 0 heterocycles. The summed E-state index contributed by atoms with van der Waals surface area (Å²) in [4.78, 5) is 0. The maximum Gasteiger partial charge on any atom is 0.0340 e. The number of benzene rings is 1. The lowest BCUT2D eigenvalue weighted by molar-refractivity contribution is 0.734. The van der Waals surface area contributed by atoms with E-state index in [0.29, 0.717) is 5.92 Å². The molecule has 0 spiro atoms. The van der Waals surface area contributed by atoms with E-state index >= 15 is 0 Å². The molecule has 0 aliphatic carbocycles. The lowest BCUT2D eigenvalue weighted by Crippen LogP contribution is -1.99. The van der Waals surface area contributed by atoms with Crippen LogP contribution in [-0.2, 0) is 0 Å². The fourth-order valence-corrected chi connectivity index (χ4v) is 1.43. The van der Waals surface area contributed by atoms with E-state index in [2.05, 4.69) is 50.4 Å². The van der Waals surface area contributed by atoms with Crippen molar-refractivity contribution in [2.45, 2.75) is 39.5 Å². The molecule has 0 aliphatic rings. The summed E-state index contributed by atoms with van der Waals surface area (Å²) in [5.74, 6) is 0.676. The fraction of sp³-hybridized carbons (Fsp3) is 0.538. The lowest BCUT2D eigenvalue weighted by Gasteiger charge is -2.10. The maximum absolute atomic E-state index is 3.38. The predicted octanol–water partition coefficient (Wildman–Crippen LogP) is 4.02. The second kappa shape index (κ2) is 5.69. The highest BCUT2D eigenvalue weighted by atomic mass is 14.9. The molecule has 1 aromatic carbocycles. The highest BCUT2D eigenvalue weighted by Crippen LogP contribution is 2.20. The van der Waals surface area contributed by atoms with Crippen LogP contribution in [0.5, 0.6) is 0 Å². The van der Waals surface area contributed by atoms with Gasteiger partial charge in [-0.15, -0.1) is 0 Å². The van der Waals surface area contributed by atoms with Gasteiger partial charge in [-0.25, -0.2) is 0 Å². The number of hydrogen-bond donors (Lipinski definition) is 1. The molecule has 1 atom stereocenters. The lowest BCUT2D eigenvalue weighted by atomic mass is 9.99. The van der Waals surface area contributed by atoms with Crippen molar-refractivity contribution in [3.05, 3.63) is 29.8 Å². The topological polar surface area (TPSA) is 12.0 Å². The van der Waals surface area contributed by atoms with Crippen molar-refractivity contribution in [2.24, 2.45) is 0 Å². The maximum atomic E-state index is 3.38. The first-order valence-corrected chi connectivity index (χ1v) is 5.61. The molecule has 0 aromatic heterocycles. The van der Waals surface area contributed by atoms with Crippen LogP contribution in [0.1, 0.15) is 45.1 Å². The summed E-state index contributed by atoms with van der Waals surface area (Å²) in [5.41, 5.74) is 2.67. The summed E-state index contributed by atoms with van der Waals surface area (Å²) in [5, 5.41) is 3.38. The zero-order valence-electron chi connectivity index (χ0n) is 9.51. The van der Waals surface area contributed by atoms with Gasteiger partial charge in [0.1, 0.15) is 0 Å². The van der Waals surface area contributed by atoms with Gasteiger partial charge < -0.3 is 5.32 Å². The van der Waals surface area contributed by atoms with E-state index in [0.717, 1.165) is 6.54 Å². The van der Waals surface area contributed by atoms with E-state index in [1.54, 1.807) is 0 Å². The third kappa shape index (κ3) is 3.06. The Morgan fingerprint density at radius 3 is 2.29 bits per heavy atom. The molecule has 0 saturated carbocycles. The SMILES string of the molecule is CCCNc1ccc(C(C)CC)cc1. The standard InChI is InChI=1S/C13H21N/c1-4-10-14-13-8-6-12(7-9-13)11(3)5-2/h6-9,11,14H,4-5,10H2,1-3H3. The van der Waals surface area contributed by atoms with Crippen LogP contribution in [0.25, 0.3) is 0 Å². The van der Waals surface area contributed by atoms with E-state index in [1.165, 1.54) is 24.1 Å². The monoisotopic (exact) mass is 191 g/mol. The minimum atomic E-state index is 0.676. The Hall–Kier alpha value is -0.980. The van der Waals surface area contributed by atoms with Gasteiger partial charge in [0.15, 0.2) is 0 Å². The molecule has 1 unspecified atom stereocenters. The van der Waals surface area contributed by atoms with Crippen molar-refractivity contribution >= 4 is 5.69 Å². The summed E-state index contributed by atoms with van der Waals surface area (Å²) in [6.07, 6.45) is 2.38. The highest BCUT2D eigenvalue weighted by Gasteiger charge is 2.01. The van der Waals surface area contributed by atoms with Gasteiger partial charge in [0.2, 0.25) is 0 Å². The van der Waals surface area contributed by atoms with Crippen LogP contribution in [0.4, 0.5) is 5.69 Å². The molecule has 1 aromatic rings. The molecule has 78 valence electrons. The number of hydrogen-bond acceptors (Lipinski definition) is 1. The Bertz CT molecular complexity index is 250. The molecular formula is C13H21N. The van der Waals surface area contributed by atoms with Gasteiger partial charge in [-0.3, -0.25) is 0 Å². The van der Waals surface area contributed by atoms with Gasteiger partial charge in [0.05, 0.1) is 0 Å². The molecule has 0 saturated heterocycles. The summed E-state index contributed by atoms with van der Waals surface area (Å²) in [7, 11) is 0. The van der Waals surface area contributed by atoms with Crippen molar-refractivity contribution in [2.75, 3.05) is 11.9 Å². The first-order chi connectivity index (χ1) is 6.77. The molecule has 1 nitrogen and oxygen atoms in total. The van der Waals surface area contributed by atoms with Gasteiger partial charge >= 0.3 is 0 Å². The van der Waals surface area contributed by atoms with Crippen LogP contribution in [0.3, 0.4) is 0 Å². The van der Waals surface area contributed by atoms with Crippen molar-refractivity contribution in [3.8, 4) is 0 Å². The number of rotatable bonds is 5. The minimum Gasteiger partial charge on any atom is -0.385 e. The summed E-state index contributed by atoms with van der Waals surface area (Å²) in [6, 6.07) is 8.81. The van der Waals surface area contributed by atoms with Gasteiger partial charge in [-0.1, -0.05) is 32.9 Å². The average Bonchev–Trinajstić information content (AvgIpc) is 2.26. The van der Waals surface area contributed by atoms with E-state index in [4.69, 9.17) is 0 Å². The molecular weight excluding hydrogens is 170 g/mol. The van der Waals surface area contributed by atoms with Gasteiger partial charge in [0, 0.05) is 12.2 Å². The van der Waals surface area contributed by atoms with Crippen LogP contribution in [0, 0.1) is 0 Å². The smallest absolute Gasteiger partial charge is 0.0340 e. The minimum absolute atomic E-state index is 0.676. The van der Waals surface area contributed by atoms with Crippen molar-refractivity contribution in [1.29, 1.82) is 0 Å². The van der Waals surface area contributed by atoms with E-state index in [1.807, 2.05) is 0 Å². The van der Waals surface area contributed by atoms with E-state index in [9.17, 15) is 0 Å². The van der Waals surface area contributed by atoms with E-state index in [-0.39, 0.29) is 0 Å². The van der Waals surface area contributed by atoms with Crippen LogP contribution >= 0.6 is 0 Å². The Balaban J connectivity index is 2.59. The van der Waals surface area contributed by atoms with Crippen LogP contribution in [-0.4, -0.2) is 6.54 Å². The van der Waals surface area contributed by atoms with Crippen LogP contribution < -0.4 is 5.32 Å². The molecule has 0 bridgehead atoms. The zero-order valence-corrected chi connectivity index (χ0v) is 9.51. The second-order valence-corrected chi connectivity index (χ2v) is 3.86.